The van der Waals surface area contributed by atoms with E-state index in [4.69, 9.17) is 10.5 Å². The lowest BCUT2D eigenvalue weighted by Crippen LogP contribution is -2.37. The summed E-state index contributed by atoms with van der Waals surface area (Å²) in [4.78, 5) is 22.5. The zero-order valence-electron chi connectivity index (χ0n) is 10.9. The summed E-state index contributed by atoms with van der Waals surface area (Å²) in [5, 5.41) is 5.10. The number of nitrogen functional groups attached to an aromatic ring is 1. The van der Waals surface area contributed by atoms with Crippen molar-refractivity contribution in [3.05, 3.63) is 24.3 Å². The van der Waals surface area contributed by atoms with Gasteiger partial charge in [-0.3, -0.25) is 9.59 Å². The zero-order chi connectivity index (χ0) is 14.1. The molecule has 1 aromatic rings. The molecule has 0 aliphatic rings. The second-order valence-electron chi connectivity index (χ2n) is 3.90. The predicted molar refractivity (Wildman–Crippen MR) is 72.7 cm³/mol. The Morgan fingerprint density at radius 2 is 2.05 bits per heavy atom. The molecule has 0 aromatic heterocycles. The average Bonchev–Trinajstić information content (AvgIpc) is 2.37. The van der Waals surface area contributed by atoms with Crippen LogP contribution in [-0.4, -0.2) is 31.5 Å². The predicted octanol–water partition coefficient (Wildman–Crippen LogP) is 0.290. The minimum absolute atomic E-state index is 0.00897. The van der Waals surface area contributed by atoms with E-state index in [1.807, 2.05) is 6.92 Å². The summed E-state index contributed by atoms with van der Waals surface area (Å²) in [6.07, 6.45) is 0.189. The fraction of sp³-hybridized carbons (Fsp3) is 0.385. The van der Waals surface area contributed by atoms with Crippen molar-refractivity contribution < 1.29 is 14.3 Å². The summed E-state index contributed by atoms with van der Waals surface area (Å²) in [6, 6.07) is 6.99. The maximum atomic E-state index is 11.4. The highest BCUT2D eigenvalue weighted by molar-refractivity contribution is 5.84. The Bertz CT molecular complexity index is 435. The first-order valence-electron chi connectivity index (χ1n) is 6.13. The van der Waals surface area contributed by atoms with Crippen molar-refractivity contribution in [2.45, 2.75) is 13.3 Å². The number of anilines is 1. The van der Waals surface area contributed by atoms with Gasteiger partial charge in [0.25, 0.3) is 0 Å². The van der Waals surface area contributed by atoms with E-state index < -0.39 is 0 Å². The van der Waals surface area contributed by atoms with Gasteiger partial charge >= 0.3 is 0 Å². The molecular weight excluding hydrogens is 246 g/mol. The van der Waals surface area contributed by atoms with Crippen LogP contribution in [0.2, 0.25) is 0 Å². The topological polar surface area (TPSA) is 93.5 Å². The molecule has 0 heterocycles. The van der Waals surface area contributed by atoms with E-state index in [9.17, 15) is 9.59 Å². The first-order valence-corrected chi connectivity index (χ1v) is 6.13. The van der Waals surface area contributed by atoms with E-state index in [-0.39, 0.29) is 31.4 Å². The van der Waals surface area contributed by atoms with Gasteiger partial charge in [-0.1, -0.05) is 6.07 Å². The van der Waals surface area contributed by atoms with Crippen LogP contribution in [0.1, 0.15) is 13.3 Å². The third-order valence-corrected chi connectivity index (χ3v) is 2.28. The summed E-state index contributed by atoms with van der Waals surface area (Å²) < 4.78 is 5.37. The quantitative estimate of drug-likeness (QED) is 0.618. The molecule has 0 saturated carbocycles. The summed E-state index contributed by atoms with van der Waals surface area (Å²) in [5.41, 5.74) is 6.21. The molecule has 104 valence electrons. The number of carbonyl (C=O) groups is 2. The maximum Gasteiger partial charge on any atom is 0.239 e. The molecule has 0 aliphatic carbocycles. The van der Waals surface area contributed by atoms with Gasteiger partial charge in [0.05, 0.1) is 19.6 Å². The molecule has 6 nitrogen and oxygen atoms in total. The highest BCUT2D eigenvalue weighted by Crippen LogP contribution is 2.14. The highest BCUT2D eigenvalue weighted by Gasteiger charge is 2.04. The Labute approximate surface area is 112 Å². The van der Waals surface area contributed by atoms with Crippen LogP contribution in [0.15, 0.2) is 24.3 Å². The lowest BCUT2D eigenvalue weighted by Gasteiger charge is -2.07. The van der Waals surface area contributed by atoms with Crippen LogP contribution in [-0.2, 0) is 9.59 Å². The number of hydrogen-bond acceptors (Lipinski definition) is 4. The molecule has 0 fully saturated rings. The minimum atomic E-state index is -0.227. The van der Waals surface area contributed by atoms with Gasteiger partial charge in [-0.15, -0.1) is 0 Å². The molecule has 0 atom stereocenters. The Hall–Kier alpha value is -2.24. The number of rotatable bonds is 7. The smallest absolute Gasteiger partial charge is 0.239 e. The largest absolute Gasteiger partial charge is 0.493 e. The Morgan fingerprint density at radius 1 is 1.26 bits per heavy atom. The molecule has 1 aromatic carbocycles. The molecule has 0 radical (unpaired) electrons. The third kappa shape index (κ3) is 6.30. The monoisotopic (exact) mass is 265 g/mol. The first kappa shape index (κ1) is 14.8. The summed E-state index contributed by atoms with van der Waals surface area (Å²) >= 11 is 0. The molecule has 0 bridgehead atoms. The number of nitrogens with two attached hydrogens (primary N) is 1. The lowest BCUT2D eigenvalue weighted by atomic mass is 10.3. The van der Waals surface area contributed by atoms with E-state index in [0.29, 0.717) is 18.0 Å². The van der Waals surface area contributed by atoms with Crippen LogP contribution in [0.5, 0.6) is 5.75 Å². The normalized spacial score (nSPS) is 9.74. The zero-order valence-corrected chi connectivity index (χ0v) is 10.9. The molecule has 0 saturated heterocycles. The van der Waals surface area contributed by atoms with Crippen molar-refractivity contribution in [2.24, 2.45) is 0 Å². The van der Waals surface area contributed by atoms with Crippen molar-refractivity contribution >= 4 is 17.5 Å². The molecule has 2 amide bonds. The van der Waals surface area contributed by atoms with Gasteiger partial charge in [0.15, 0.2) is 0 Å². The van der Waals surface area contributed by atoms with Crippen molar-refractivity contribution in [1.29, 1.82) is 0 Å². The molecule has 0 aliphatic heterocycles. The second-order valence-corrected chi connectivity index (χ2v) is 3.90. The number of hydrogen-bond donors (Lipinski definition) is 3. The van der Waals surface area contributed by atoms with Crippen LogP contribution in [0.25, 0.3) is 0 Å². The van der Waals surface area contributed by atoms with E-state index in [1.54, 1.807) is 24.3 Å². The van der Waals surface area contributed by atoms with Crippen molar-refractivity contribution in [2.75, 3.05) is 25.4 Å². The lowest BCUT2D eigenvalue weighted by molar-refractivity contribution is -0.126. The summed E-state index contributed by atoms with van der Waals surface area (Å²) in [6.45, 7) is 2.60. The van der Waals surface area contributed by atoms with Gasteiger partial charge in [0.1, 0.15) is 5.75 Å². The number of nitrogens with one attached hydrogen (secondary N) is 2. The van der Waals surface area contributed by atoms with Crippen molar-refractivity contribution in [3.63, 3.8) is 0 Å². The number of benzene rings is 1. The highest BCUT2D eigenvalue weighted by atomic mass is 16.5. The van der Waals surface area contributed by atoms with Gasteiger partial charge in [0.2, 0.25) is 11.8 Å². The summed E-state index contributed by atoms with van der Waals surface area (Å²) in [5.74, 6) is 0.194. The van der Waals surface area contributed by atoms with Crippen LogP contribution >= 0.6 is 0 Å². The number of ether oxygens (including phenoxy) is 1. The van der Waals surface area contributed by atoms with Crippen molar-refractivity contribution in [1.82, 2.24) is 10.6 Å². The third-order valence-electron chi connectivity index (χ3n) is 2.28. The second kappa shape index (κ2) is 7.97. The van der Waals surface area contributed by atoms with E-state index in [2.05, 4.69) is 10.6 Å². The van der Waals surface area contributed by atoms with E-state index >= 15 is 0 Å². The van der Waals surface area contributed by atoms with Crippen molar-refractivity contribution in [3.8, 4) is 5.75 Å². The average molecular weight is 265 g/mol. The van der Waals surface area contributed by atoms with E-state index in [1.165, 1.54) is 0 Å². The Kier molecular flexibility index (Phi) is 6.21. The number of likely N-dealkylation sites (N-methyl/N-ethyl adjacent to an activating group) is 1. The molecule has 1 rings (SSSR count). The van der Waals surface area contributed by atoms with Gasteiger partial charge < -0.3 is 21.1 Å². The van der Waals surface area contributed by atoms with Crippen LogP contribution in [0.3, 0.4) is 0 Å². The number of amides is 2. The molecule has 4 N–H and O–H groups in total. The Balaban J connectivity index is 2.18. The number of carbonyl (C=O) groups excluding carboxylic acids is 2. The van der Waals surface area contributed by atoms with Gasteiger partial charge in [-0.2, -0.15) is 0 Å². The molecule has 0 spiro atoms. The Morgan fingerprint density at radius 3 is 2.74 bits per heavy atom. The van der Waals surface area contributed by atoms with Gasteiger partial charge in [-0.25, -0.2) is 0 Å². The van der Waals surface area contributed by atoms with Crippen LogP contribution in [0.4, 0.5) is 5.69 Å². The van der Waals surface area contributed by atoms with Crippen LogP contribution in [0, 0.1) is 0 Å². The fourth-order valence-electron chi connectivity index (χ4n) is 1.39. The SMILES string of the molecule is CCNC(=O)CNC(=O)CCOc1cccc(N)c1. The molecule has 6 heteroatoms. The van der Waals surface area contributed by atoms with Gasteiger partial charge in [0, 0.05) is 18.3 Å². The molecular formula is C13H19N3O3. The fourth-order valence-corrected chi connectivity index (χ4v) is 1.39. The maximum absolute atomic E-state index is 11.4. The summed E-state index contributed by atoms with van der Waals surface area (Å²) in [7, 11) is 0. The van der Waals surface area contributed by atoms with E-state index in [0.717, 1.165) is 0 Å². The first-order chi connectivity index (χ1) is 9.11. The van der Waals surface area contributed by atoms with Crippen LogP contribution < -0.4 is 21.1 Å². The molecule has 19 heavy (non-hydrogen) atoms. The standard InChI is InChI=1S/C13H19N3O3/c1-2-15-13(18)9-16-12(17)6-7-19-11-5-3-4-10(14)8-11/h3-5,8H,2,6-7,9,14H2,1H3,(H,15,18)(H,16,17). The molecule has 0 unspecified atom stereocenters. The minimum Gasteiger partial charge on any atom is -0.493 e. The van der Waals surface area contributed by atoms with Gasteiger partial charge in [-0.05, 0) is 19.1 Å².